The van der Waals surface area contributed by atoms with Gasteiger partial charge in [-0.05, 0) is 49.4 Å². The van der Waals surface area contributed by atoms with Gasteiger partial charge in [-0.25, -0.2) is 9.13 Å². The molecule has 0 rings (SSSR count). The molecule has 3 N–H and O–H groups in total. The van der Waals surface area contributed by atoms with Crippen LogP contribution in [-0.2, 0) is 65.4 Å². The number of rotatable bonds is 73. The fourth-order valence-electron chi connectivity index (χ4n) is 11.6. The predicted molar refractivity (Wildman–Crippen MR) is 386 cm³/mol. The van der Waals surface area contributed by atoms with Crippen LogP contribution in [0.4, 0.5) is 0 Å². The van der Waals surface area contributed by atoms with Crippen LogP contribution >= 0.6 is 15.6 Å². The van der Waals surface area contributed by atoms with E-state index < -0.39 is 97.5 Å². The average molecular weight is 1400 g/mol. The Morgan fingerprint density at radius 2 is 0.442 bits per heavy atom. The second-order valence-electron chi connectivity index (χ2n) is 29.3. The number of aliphatic hydroxyl groups excluding tert-OH is 1. The number of carbonyl (C=O) groups excluding carboxylic acids is 4. The van der Waals surface area contributed by atoms with E-state index in [0.29, 0.717) is 37.5 Å². The minimum Gasteiger partial charge on any atom is -0.462 e. The summed E-state index contributed by atoms with van der Waals surface area (Å²) in [4.78, 5) is 72.7. The van der Waals surface area contributed by atoms with Crippen LogP contribution in [0.15, 0.2) is 0 Å². The summed E-state index contributed by atoms with van der Waals surface area (Å²) in [6, 6.07) is 0. The molecular weight excluding hydrogens is 1250 g/mol. The zero-order valence-corrected chi connectivity index (χ0v) is 64.1. The summed E-state index contributed by atoms with van der Waals surface area (Å²) in [5.74, 6) is 0.849. The molecule has 5 atom stereocenters. The van der Waals surface area contributed by atoms with Crippen LogP contribution in [0.5, 0.6) is 0 Å². The van der Waals surface area contributed by atoms with Gasteiger partial charge in [0, 0.05) is 25.7 Å². The molecule has 0 saturated heterocycles. The molecule has 0 aliphatic heterocycles. The molecular formula is C76H148O17P2. The molecule has 0 aromatic carbocycles. The molecule has 95 heavy (non-hydrogen) atoms. The first-order chi connectivity index (χ1) is 45.6. The van der Waals surface area contributed by atoms with Crippen LogP contribution < -0.4 is 0 Å². The van der Waals surface area contributed by atoms with Crippen molar-refractivity contribution in [2.75, 3.05) is 39.6 Å². The van der Waals surface area contributed by atoms with Gasteiger partial charge in [0.2, 0.25) is 0 Å². The van der Waals surface area contributed by atoms with E-state index in [4.69, 9.17) is 37.0 Å². The van der Waals surface area contributed by atoms with E-state index in [2.05, 4.69) is 55.4 Å². The second-order valence-corrected chi connectivity index (χ2v) is 32.2. The van der Waals surface area contributed by atoms with Gasteiger partial charge >= 0.3 is 39.5 Å². The van der Waals surface area contributed by atoms with Crippen molar-refractivity contribution in [3.05, 3.63) is 0 Å². The summed E-state index contributed by atoms with van der Waals surface area (Å²) in [5.41, 5.74) is 0. The van der Waals surface area contributed by atoms with Crippen molar-refractivity contribution in [3.63, 3.8) is 0 Å². The molecule has 0 spiro atoms. The van der Waals surface area contributed by atoms with Gasteiger partial charge in [-0.3, -0.25) is 37.3 Å². The Bertz CT molecular complexity index is 1870. The number of aliphatic hydroxyl groups is 1. The Morgan fingerprint density at radius 3 is 0.653 bits per heavy atom. The van der Waals surface area contributed by atoms with E-state index in [1.165, 1.54) is 180 Å². The Morgan fingerprint density at radius 1 is 0.263 bits per heavy atom. The minimum absolute atomic E-state index is 0.102. The van der Waals surface area contributed by atoms with Crippen LogP contribution in [0.3, 0.4) is 0 Å². The standard InChI is InChI=1S/C76H148O17P2/c1-66(2)52-44-36-28-23-19-15-13-11-9-10-12-14-16-21-25-31-40-48-56-73(78)86-62-71(92-75(80)58-50-42-32-26-22-18-17-20-24-29-37-45-53-67(3)4)64-90-94(82,83)88-60-70(77)61-89-95(84,85)91-65-72(63-87-74(79)57-49-41-35-34-39-47-55-69(7)8)93-76(81)59-51-43-33-27-30-38-46-54-68(5)6/h66-72,77H,9-65H2,1-8H3,(H,82,83)(H,84,85)/t70-,71-,72-/m1/s1. The third kappa shape index (κ3) is 70.3. The Kier molecular flexibility index (Phi) is 64.0. The summed E-state index contributed by atoms with van der Waals surface area (Å²) in [6.45, 7) is 14.1. The number of hydrogen-bond donors (Lipinski definition) is 3. The van der Waals surface area contributed by atoms with E-state index in [1.807, 2.05) is 0 Å². The second kappa shape index (κ2) is 65.4. The molecule has 17 nitrogen and oxygen atoms in total. The molecule has 19 heteroatoms. The van der Waals surface area contributed by atoms with Gasteiger partial charge in [-0.2, -0.15) is 0 Å². The molecule has 0 radical (unpaired) electrons. The summed E-state index contributed by atoms with van der Waals surface area (Å²) < 4.78 is 68.4. The van der Waals surface area contributed by atoms with E-state index in [-0.39, 0.29) is 25.7 Å². The van der Waals surface area contributed by atoms with Crippen molar-refractivity contribution >= 4 is 39.5 Å². The lowest BCUT2D eigenvalue weighted by molar-refractivity contribution is -0.161. The molecule has 0 aliphatic rings. The topological polar surface area (TPSA) is 237 Å². The monoisotopic (exact) mass is 1400 g/mol. The van der Waals surface area contributed by atoms with Gasteiger partial charge in [0.25, 0.3) is 0 Å². The number of esters is 4. The number of unbranched alkanes of at least 4 members (excludes halogenated alkanes) is 39. The molecule has 0 saturated carbocycles. The summed E-state index contributed by atoms with van der Waals surface area (Å²) in [7, 11) is -9.91. The third-order valence-electron chi connectivity index (χ3n) is 17.6. The van der Waals surface area contributed by atoms with Gasteiger partial charge in [-0.15, -0.1) is 0 Å². The zero-order valence-electron chi connectivity index (χ0n) is 62.3. The fourth-order valence-corrected chi connectivity index (χ4v) is 13.1. The van der Waals surface area contributed by atoms with Gasteiger partial charge in [0.1, 0.15) is 19.3 Å². The largest absolute Gasteiger partial charge is 0.472 e. The highest BCUT2D eigenvalue weighted by molar-refractivity contribution is 7.47. The van der Waals surface area contributed by atoms with E-state index in [1.54, 1.807) is 0 Å². The van der Waals surface area contributed by atoms with Crippen LogP contribution in [0.1, 0.15) is 383 Å². The average Bonchev–Trinajstić information content (AvgIpc) is 1.92. The van der Waals surface area contributed by atoms with Gasteiger partial charge in [0.05, 0.1) is 26.4 Å². The van der Waals surface area contributed by atoms with Crippen molar-refractivity contribution in [3.8, 4) is 0 Å². The highest BCUT2D eigenvalue weighted by Gasteiger charge is 2.30. The molecule has 2 unspecified atom stereocenters. The van der Waals surface area contributed by atoms with Crippen LogP contribution in [0.25, 0.3) is 0 Å². The summed E-state index contributed by atoms with van der Waals surface area (Å²) >= 11 is 0. The molecule has 0 heterocycles. The maximum atomic E-state index is 13.1. The fraction of sp³-hybridized carbons (Fsp3) is 0.947. The van der Waals surface area contributed by atoms with Crippen molar-refractivity contribution < 1.29 is 80.2 Å². The van der Waals surface area contributed by atoms with E-state index in [9.17, 15) is 43.2 Å². The van der Waals surface area contributed by atoms with E-state index in [0.717, 1.165) is 108 Å². The first kappa shape index (κ1) is 93.1. The van der Waals surface area contributed by atoms with Crippen molar-refractivity contribution in [2.24, 2.45) is 23.7 Å². The van der Waals surface area contributed by atoms with E-state index >= 15 is 0 Å². The number of ether oxygens (including phenoxy) is 4. The first-order valence-electron chi connectivity index (χ1n) is 39.2. The Hall–Kier alpha value is -1.94. The maximum Gasteiger partial charge on any atom is 0.472 e. The first-order valence-corrected chi connectivity index (χ1v) is 42.2. The van der Waals surface area contributed by atoms with Gasteiger partial charge < -0.3 is 33.8 Å². The quantitative estimate of drug-likeness (QED) is 0.0222. The SMILES string of the molecule is CC(C)CCCCCCCCCCCCCCCCCCCCC(=O)OC[C@H](COP(=O)(O)OC[C@@H](O)COP(=O)(O)OC[C@@H](COC(=O)CCCCCCCCC(C)C)OC(=O)CCCCCCCCCC(C)C)OC(=O)CCCCCCCCCCCCCCC(C)C. The predicted octanol–water partition coefficient (Wildman–Crippen LogP) is 22.0. The molecule has 0 aromatic rings. The normalized spacial score (nSPS) is 14.1. The maximum absolute atomic E-state index is 13.1. The minimum atomic E-state index is -4.96. The number of phosphoric ester groups is 2. The van der Waals surface area contributed by atoms with Gasteiger partial charge in [0.15, 0.2) is 12.2 Å². The van der Waals surface area contributed by atoms with Crippen molar-refractivity contribution in [2.45, 2.75) is 401 Å². The Balaban J connectivity index is 5.17. The summed E-state index contributed by atoms with van der Waals surface area (Å²) in [6.07, 6.45) is 50.4. The third-order valence-corrected chi connectivity index (χ3v) is 19.5. The molecule has 0 fully saturated rings. The lowest BCUT2D eigenvalue weighted by Gasteiger charge is -2.21. The van der Waals surface area contributed by atoms with Crippen LogP contribution in [-0.4, -0.2) is 96.7 Å². The van der Waals surface area contributed by atoms with Crippen LogP contribution in [0, 0.1) is 23.7 Å². The molecule has 0 bridgehead atoms. The molecule has 564 valence electrons. The smallest absolute Gasteiger partial charge is 0.462 e. The molecule has 0 aliphatic carbocycles. The Labute approximate surface area is 581 Å². The molecule has 0 amide bonds. The lowest BCUT2D eigenvalue weighted by atomic mass is 10.0. The number of hydrogen-bond acceptors (Lipinski definition) is 15. The summed E-state index contributed by atoms with van der Waals surface area (Å²) in [5, 5.41) is 10.6. The number of carbonyl (C=O) groups is 4. The van der Waals surface area contributed by atoms with Gasteiger partial charge in [-0.1, -0.05) is 331 Å². The molecule has 0 aromatic heterocycles. The highest BCUT2D eigenvalue weighted by atomic mass is 31.2. The van der Waals surface area contributed by atoms with Crippen LogP contribution in [0.2, 0.25) is 0 Å². The number of phosphoric acid groups is 2. The van der Waals surface area contributed by atoms with Crippen molar-refractivity contribution in [1.82, 2.24) is 0 Å². The zero-order chi connectivity index (χ0) is 70.3. The van der Waals surface area contributed by atoms with Crippen molar-refractivity contribution in [1.29, 1.82) is 0 Å². The highest BCUT2D eigenvalue weighted by Crippen LogP contribution is 2.45. The lowest BCUT2D eigenvalue weighted by Crippen LogP contribution is -2.30.